The van der Waals surface area contributed by atoms with Crippen LogP contribution in [0, 0.1) is 5.92 Å². The second-order valence-electron chi connectivity index (χ2n) is 5.63. The molecule has 1 amide bonds. The minimum absolute atomic E-state index is 0.352. The van der Waals surface area contributed by atoms with E-state index in [1.165, 1.54) is 12.8 Å². The van der Waals surface area contributed by atoms with Crippen molar-refractivity contribution in [2.24, 2.45) is 5.92 Å². The minimum Gasteiger partial charge on any atom is -0.343 e. The smallest absolute Gasteiger partial charge is 0.222 e. The van der Waals surface area contributed by atoms with Crippen molar-refractivity contribution < 1.29 is 9.36 Å². The summed E-state index contributed by atoms with van der Waals surface area (Å²) in [5.74, 6) is 1.14. The van der Waals surface area contributed by atoms with Crippen LogP contribution in [-0.2, 0) is 11.3 Å². The molecule has 0 unspecified atom stereocenters. The van der Waals surface area contributed by atoms with Gasteiger partial charge in [-0.05, 0) is 25.2 Å². The first-order chi connectivity index (χ1) is 9.25. The molecule has 104 valence electrons. The Labute approximate surface area is 116 Å². The molecule has 1 aliphatic rings. The number of piperidine rings is 1. The Kier molecular flexibility index (Phi) is 5.37. The predicted octanol–water partition coefficient (Wildman–Crippen LogP) is 2.40. The number of hydrogen-bond donors (Lipinski definition) is 0. The normalized spacial score (nSPS) is 16.6. The van der Waals surface area contributed by atoms with Gasteiger partial charge in [-0.3, -0.25) is 4.79 Å². The molecule has 1 fully saturated rings. The Bertz CT molecular complexity index is 383. The predicted molar refractivity (Wildman–Crippen MR) is 75.5 cm³/mol. The van der Waals surface area contributed by atoms with Gasteiger partial charge in [0.25, 0.3) is 0 Å². The Balaban J connectivity index is 1.61. The molecule has 0 bridgehead atoms. The summed E-state index contributed by atoms with van der Waals surface area (Å²) in [5, 5.41) is 0. The molecule has 3 heteroatoms. The fourth-order valence-electron chi connectivity index (χ4n) is 2.57. The maximum Gasteiger partial charge on any atom is 0.222 e. The first-order valence-electron chi connectivity index (χ1n) is 7.47. The molecular formula is C16H25N2O+. The summed E-state index contributed by atoms with van der Waals surface area (Å²) in [7, 11) is 0. The molecule has 0 aliphatic carbocycles. The lowest BCUT2D eigenvalue weighted by atomic mass is 9.99. The fraction of sp³-hybridized carbons (Fsp3) is 0.625. The second kappa shape index (κ2) is 7.27. The van der Waals surface area contributed by atoms with Gasteiger partial charge >= 0.3 is 0 Å². The standard InChI is InChI=1S/C16H25N2O/c1-15-8-13-18(14-9-15)16(19)7-3-6-12-17-10-4-2-5-11-17/h2,4-5,10-11,15H,3,6-9,12-14H2,1H3/q+1. The van der Waals surface area contributed by atoms with Gasteiger partial charge in [0.2, 0.25) is 5.91 Å². The maximum atomic E-state index is 12.0. The molecule has 19 heavy (non-hydrogen) atoms. The van der Waals surface area contributed by atoms with E-state index < -0.39 is 0 Å². The van der Waals surface area contributed by atoms with E-state index in [2.05, 4.69) is 28.8 Å². The molecular weight excluding hydrogens is 236 g/mol. The molecule has 0 radical (unpaired) electrons. The molecule has 0 aromatic carbocycles. The molecule has 1 aromatic heterocycles. The minimum atomic E-state index is 0.352. The first-order valence-corrected chi connectivity index (χ1v) is 7.47. The monoisotopic (exact) mass is 261 g/mol. The van der Waals surface area contributed by atoms with E-state index >= 15 is 0 Å². The Morgan fingerprint density at radius 2 is 1.84 bits per heavy atom. The number of aryl methyl sites for hydroxylation is 1. The molecule has 1 aliphatic heterocycles. The molecule has 2 rings (SSSR count). The number of nitrogens with zero attached hydrogens (tertiary/aromatic N) is 2. The number of hydrogen-bond acceptors (Lipinski definition) is 1. The molecule has 2 heterocycles. The summed E-state index contributed by atoms with van der Waals surface area (Å²) in [6.45, 7) is 5.21. The number of carbonyl (C=O) groups excluding carboxylic acids is 1. The van der Waals surface area contributed by atoms with Crippen molar-refractivity contribution in [3.63, 3.8) is 0 Å². The molecule has 1 aromatic rings. The average molecular weight is 261 g/mol. The van der Waals surface area contributed by atoms with Gasteiger partial charge < -0.3 is 4.90 Å². The number of unbranched alkanes of at least 4 members (excludes halogenated alkanes) is 1. The third kappa shape index (κ3) is 4.66. The van der Waals surface area contributed by atoms with Gasteiger partial charge in [-0.1, -0.05) is 13.0 Å². The second-order valence-corrected chi connectivity index (χ2v) is 5.63. The zero-order valence-corrected chi connectivity index (χ0v) is 11.9. The van der Waals surface area contributed by atoms with Crippen molar-refractivity contribution in [1.82, 2.24) is 4.90 Å². The van der Waals surface area contributed by atoms with Crippen molar-refractivity contribution in [2.75, 3.05) is 13.1 Å². The van der Waals surface area contributed by atoms with E-state index in [-0.39, 0.29) is 0 Å². The molecule has 0 spiro atoms. The van der Waals surface area contributed by atoms with E-state index in [4.69, 9.17) is 0 Å². The van der Waals surface area contributed by atoms with Gasteiger partial charge in [0.05, 0.1) is 0 Å². The summed E-state index contributed by atoms with van der Waals surface area (Å²) in [4.78, 5) is 14.1. The van der Waals surface area contributed by atoms with Gasteiger partial charge in [-0.2, -0.15) is 0 Å². The SMILES string of the molecule is CC1CCN(C(=O)CCCC[n+]2ccccc2)CC1. The molecule has 0 atom stereocenters. The Morgan fingerprint density at radius 3 is 2.53 bits per heavy atom. The molecule has 0 N–H and O–H groups in total. The highest BCUT2D eigenvalue weighted by molar-refractivity contribution is 5.76. The van der Waals surface area contributed by atoms with Crippen LogP contribution in [0.4, 0.5) is 0 Å². The summed E-state index contributed by atoms with van der Waals surface area (Å²) in [6.07, 6.45) is 9.28. The van der Waals surface area contributed by atoms with Crippen LogP contribution in [-0.4, -0.2) is 23.9 Å². The van der Waals surface area contributed by atoms with Crippen molar-refractivity contribution in [2.45, 2.75) is 45.6 Å². The average Bonchev–Trinajstić information content (AvgIpc) is 2.45. The lowest BCUT2D eigenvalue weighted by Crippen LogP contribution is -2.38. The van der Waals surface area contributed by atoms with Gasteiger partial charge in [0, 0.05) is 38.1 Å². The van der Waals surface area contributed by atoms with Crippen molar-refractivity contribution >= 4 is 5.91 Å². The number of carbonyl (C=O) groups is 1. The number of rotatable bonds is 5. The van der Waals surface area contributed by atoms with Crippen LogP contribution >= 0.6 is 0 Å². The quantitative estimate of drug-likeness (QED) is 0.590. The number of aromatic nitrogens is 1. The van der Waals surface area contributed by atoms with Gasteiger partial charge in [0.15, 0.2) is 12.4 Å². The highest BCUT2D eigenvalue weighted by Crippen LogP contribution is 2.17. The van der Waals surface area contributed by atoms with Crippen molar-refractivity contribution in [1.29, 1.82) is 0 Å². The number of amides is 1. The molecule has 1 saturated heterocycles. The Hall–Kier alpha value is -1.38. The molecule has 0 saturated carbocycles. The van der Waals surface area contributed by atoms with E-state index in [0.717, 1.165) is 38.4 Å². The lowest BCUT2D eigenvalue weighted by Gasteiger charge is -2.30. The topological polar surface area (TPSA) is 24.2 Å². The van der Waals surface area contributed by atoms with E-state index in [9.17, 15) is 4.79 Å². The van der Waals surface area contributed by atoms with Crippen LogP contribution in [0.1, 0.15) is 39.0 Å². The van der Waals surface area contributed by atoms with Crippen molar-refractivity contribution in [3.8, 4) is 0 Å². The maximum absolute atomic E-state index is 12.0. The number of pyridine rings is 1. The van der Waals surface area contributed by atoms with Crippen LogP contribution in [0.25, 0.3) is 0 Å². The highest BCUT2D eigenvalue weighted by Gasteiger charge is 2.19. The summed E-state index contributed by atoms with van der Waals surface area (Å²) in [6, 6.07) is 6.11. The number of likely N-dealkylation sites (tertiary alicyclic amines) is 1. The van der Waals surface area contributed by atoms with E-state index in [0.29, 0.717) is 12.3 Å². The van der Waals surface area contributed by atoms with Crippen LogP contribution in [0.15, 0.2) is 30.6 Å². The first kappa shape index (κ1) is 14.0. The summed E-state index contributed by atoms with van der Waals surface area (Å²) in [5.41, 5.74) is 0. The highest BCUT2D eigenvalue weighted by atomic mass is 16.2. The largest absolute Gasteiger partial charge is 0.343 e. The van der Waals surface area contributed by atoms with Gasteiger partial charge in [0.1, 0.15) is 6.54 Å². The lowest BCUT2D eigenvalue weighted by molar-refractivity contribution is -0.697. The summed E-state index contributed by atoms with van der Waals surface area (Å²) >= 11 is 0. The Morgan fingerprint density at radius 1 is 1.16 bits per heavy atom. The van der Waals surface area contributed by atoms with E-state index in [1.807, 2.05) is 18.2 Å². The third-order valence-electron chi connectivity index (χ3n) is 3.97. The van der Waals surface area contributed by atoms with Crippen LogP contribution in [0.5, 0.6) is 0 Å². The van der Waals surface area contributed by atoms with E-state index in [1.54, 1.807) is 0 Å². The zero-order chi connectivity index (χ0) is 13.5. The zero-order valence-electron chi connectivity index (χ0n) is 11.9. The van der Waals surface area contributed by atoms with Gasteiger partial charge in [-0.25, -0.2) is 4.57 Å². The van der Waals surface area contributed by atoms with Gasteiger partial charge in [-0.15, -0.1) is 0 Å². The van der Waals surface area contributed by atoms with Crippen LogP contribution in [0.2, 0.25) is 0 Å². The molecule has 3 nitrogen and oxygen atoms in total. The summed E-state index contributed by atoms with van der Waals surface area (Å²) < 4.78 is 2.17. The fourth-order valence-corrected chi connectivity index (χ4v) is 2.57. The van der Waals surface area contributed by atoms with Crippen LogP contribution in [0.3, 0.4) is 0 Å². The van der Waals surface area contributed by atoms with Crippen LogP contribution < -0.4 is 4.57 Å². The van der Waals surface area contributed by atoms with Crippen molar-refractivity contribution in [3.05, 3.63) is 30.6 Å². The third-order valence-corrected chi connectivity index (χ3v) is 3.97.